The lowest BCUT2D eigenvalue weighted by Gasteiger charge is -2.28. The second kappa shape index (κ2) is 23.2. The van der Waals surface area contributed by atoms with Crippen molar-refractivity contribution < 1.29 is 13.3 Å². The minimum absolute atomic E-state index is 0.684. The van der Waals surface area contributed by atoms with E-state index in [4.69, 9.17) is 13.3 Å². The molecule has 29 heavy (non-hydrogen) atoms. The van der Waals surface area contributed by atoms with Crippen molar-refractivity contribution in [3.05, 3.63) is 0 Å². The highest BCUT2D eigenvalue weighted by molar-refractivity contribution is 9.09. The number of unbranched alkanes of at least 4 members (excludes halogenated alkanes) is 15. The summed E-state index contributed by atoms with van der Waals surface area (Å²) in [5.41, 5.74) is 0. The number of hydrogen-bond donors (Lipinski definition) is 0. The van der Waals surface area contributed by atoms with Crippen LogP contribution >= 0.6 is 15.9 Å². The molecule has 0 fully saturated rings. The first-order valence-electron chi connectivity index (χ1n) is 12.7. The normalized spacial score (nSPS) is 12.0. The molecule has 0 aliphatic rings. The van der Waals surface area contributed by atoms with Crippen molar-refractivity contribution in [2.24, 2.45) is 0 Å². The monoisotopic (exact) mass is 494 g/mol. The van der Waals surface area contributed by atoms with Crippen LogP contribution in [0.4, 0.5) is 0 Å². The molecule has 0 bridgehead atoms. The Labute approximate surface area is 192 Å². The predicted molar refractivity (Wildman–Crippen MR) is 133 cm³/mol. The summed E-state index contributed by atoms with van der Waals surface area (Å²) in [5, 5.41) is 1.17. The molecule has 0 aromatic rings. The van der Waals surface area contributed by atoms with E-state index in [1.165, 1.54) is 108 Å². The quantitative estimate of drug-likeness (QED) is 0.0761. The first kappa shape index (κ1) is 29.6. The topological polar surface area (TPSA) is 27.7 Å². The molecular formula is C24H51BrO3Si. The molecule has 0 amide bonds. The van der Waals surface area contributed by atoms with Crippen molar-refractivity contribution in [2.45, 2.75) is 130 Å². The Morgan fingerprint density at radius 3 is 1.00 bits per heavy atom. The van der Waals surface area contributed by atoms with E-state index in [0.29, 0.717) is 19.8 Å². The maximum Gasteiger partial charge on any atom is 0.500 e. The zero-order valence-corrected chi connectivity index (χ0v) is 22.5. The highest BCUT2D eigenvalue weighted by atomic mass is 79.9. The molecule has 0 radical (unpaired) electrons. The fraction of sp³-hybridized carbons (Fsp3) is 1.00. The van der Waals surface area contributed by atoms with E-state index in [1.807, 2.05) is 20.8 Å². The molecule has 0 saturated heterocycles. The van der Waals surface area contributed by atoms with E-state index in [1.54, 1.807) is 0 Å². The fourth-order valence-corrected chi connectivity index (χ4v) is 6.99. The summed E-state index contributed by atoms with van der Waals surface area (Å²) >= 11 is 3.50. The molecule has 0 unspecified atom stereocenters. The lowest BCUT2D eigenvalue weighted by molar-refractivity contribution is 0.0706. The third-order valence-corrected chi connectivity index (χ3v) is 9.17. The molecule has 0 atom stereocenters. The summed E-state index contributed by atoms with van der Waals surface area (Å²) in [7, 11) is -2.41. The van der Waals surface area contributed by atoms with Gasteiger partial charge in [-0.15, -0.1) is 0 Å². The third kappa shape index (κ3) is 19.0. The molecule has 0 heterocycles. The van der Waals surface area contributed by atoms with Gasteiger partial charge >= 0.3 is 8.80 Å². The summed E-state index contributed by atoms with van der Waals surface area (Å²) in [6.07, 6.45) is 22.3. The van der Waals surface area contributed by atoms with E-state index in [2.05, 4.69) is 15.9 Å². The maximum absolute atomic E-state index is 5.93. The van der Waals surface area contributed by atoms with Crippen LogP contribution in [-0.2, 0) is 13.3 Å². The first-order chi connectivity index (χ1) is 14.2. The average molecular weight is 496 g/mol. The van der Waals surface area contributed by atoms with Crippen molar-refractivity contribution in [2.75, 3.05) is 25.2 Å². The molecule has 0 spiro atoms. The number of alkyl halides is 1. The van der Waals surface area contributed by atoms with Crippen LogP contribution in [0.2, 0.25) is 6.04 Å². The highest BCUT2D eigenvalue weighted by Crippen LogP contribution is 2.21. The van der Waals surface area contributed by atoms with Crippen LogP contribution in [0.15, 0.2) is 0 Å². The molecule has 0 N–H and O–H groups in total. The van der Waals surface area contributed by atoms with Gasteiger partial charge in [-0.3, -0.25) is 0 Å². The summed E-state index contributed by atoms with van der Waals surface area (Å²) in [5.74, 6) is 0. The van der Waals surface area contributed by atoms with Crippen LogP contribution in [0, 0.1) is 0 Å². The molecule has 0 aliphatic carbocycles. The van der Waals surface area contributed by atoms with E-state index in [9.17, 15) is 0 Å². The standard InChI is InChI=1S/C24H51BrO3Si/c1-4-26-29(27-5-2,28-6-3)24-22-20-18-16-14-12-10-8-7-9-11-13-15-17-19-21-23-25/h4-24H2,1-3H3. The van der Waals surface area contributed by atoms with Gasteiger partial charge in [0, 0.05) is 31.2 Å². The van der Waals surface area contributed by atoms with Gasteiger partial charge in [-0.05, 0) is 33.6 Å². The van der Waals surface area contributed by atoms with Crippen LogP contribution in [0.1, 0.15) is 124 Å². The lowest BCUT2D eigenvalue weighted by Crippen LogP contribution is -2.45. The minimum Gasteiger partial charge on any atom is -0.374 e. The summed E-state index contributed by atoms with van der Waals surface area (Å²) < 4.78 is 17.8. The Kier molecular flexibility index (Phi) is 23.7. The van der Waals surface area contributed by atoms with Crippen LogP contribution in [0.25, 0.3) is 0 Å². The van der Waals surface area contributed by atoms with Gasteiger partial charge in [0.1, 0.15) is 0 Å². The van der Waals surface area contributed by atoms with Gasteiger partial charge in [0.25, 0.3) is 0 Å². The Balaban J connectivity index is 3.43. The van der Waals surface area contributed by atoms with Crippen molar-refractivity contribution in [1.82, 2.24) is 0 Å². The van der Waals surface area contributed by atoms with E-state index >= 15 is 0 Å². The van der Waals surface area contributed by atoms with Crippen molar-refractivity contribution >= 4 is 24.7 Å². The Morgan fingerprint density at radius 1 is 0.448 bits per heavy atom. The SMILES string of the molecule is CCO[Si](CCCCCCCCCCCCCCCCCCBr)(OCC)OCC. The van der Waals surface area contributed by atoms with Gasteiger partial charge in [0.05, 0.1) is 0 Å². The predicted octanol–water partition coefficient (Wildman–Crippen LogP) is 8.67. The molecular weight excluding hydrogens is 444 g/mol. The van der Waals surface area contributed by atoms with Crippen LogP contribution in [0.5, 0.6) is 0 Å². The Hall–Kier alpha value is 0.577. The van der Waals surface area contributed by atoms with Gasteiger partial charge in [0.2, 0.25) is 0 Å². The smallest absolute Gasteiger partial charge is 0.374 e. The largest absolute Gasteiger partial charge is 0.500 e. The van der Waals surface area contributed by atoms with Crippen LogP contribution in [-0.4, -0.2) is 34.0 Å². The molecule has 176 valence electrons. The number of rotatable bonds is 24. The first-order valence-corrected chi connectivity index (χ1v) is 15.8. The molecule has 3 nitrogen and oxygen atoms in total. The Bertz CT molecular complexity index is 301. The Morgan fingerprint density at radius 2 is 0.724 bits per heavy atom. The maximum atomic E-state index is 5.93. The van der Waals surface area contributed by atoms with E-state index in [-0.39, 0.29) is 0 Å². The molecule has 0 saturated carbocycles. The summed E-state index contributed by atoms with van der Waals surface area (Å²) in [6.45, 7) is 8.16. The lowest BCUT2D eigenvalue weighted by atomic mass is 10.0. The van der Waals surface area contributed by atoms with Gasteiger partial charge in [0.15, 0.2) is 0 Å². The molecule has 0 aromatic heterocycles. The molecule has 0 aromatic carbocycles. The van der Waals surface area contributed by atoms with Crippen LogP contribution < -0.4 is 0 Å². The molecule has 0 rings (SSSR count). The molecule has 5 heteroatoms. The summed E-state index contributed by atoms with van der Waals surface area (Å²) in [6, 6.07) is 0.971. The van der Waals surface area contributed by atoms with Crippen molar-refractivity contribution in [3.8, 4) is 0 Å². The summed E-state index contributed by atoms with van der Waals surface area (Å²) in [4.78, 5) is 0. The van der Waals surface area contributed by atoms with Crippen molar-refractivity contribution in [3.63, 3.8) is 0 Å². The second-order valence-electron chi connectivity index (χ2n) is 8.08. The number of hydrogen-bond acceptors (Lipinski definition) is 3. The van der Waals surface area contributed by atoms with Crippen molar-refractivity contribution in [1.29, 1.82) is 0 Å². The van der Waals surface area contributed by atoms with E-state index in [0.717, 1.165) is 6.04 Å². The van der Waals surface area contributed by atoms with Gasteiger partial charge in [-0.25, -0.2) is 0 Å². The van der Waals surface area contributed by atoms with Gasteiger partial charge in [-0.2, -0.15) is 0 Å². The second-order valence-corrected chi connectivity index (χ2v) is 11.6. The molecule has 0 aliphatic heterocycles. The minimum atomic E-state index is -2.41. The number of halogens is 1. The third-order valence-electron chi connectivity index (χ3n) is 5.46. The highest BCUT2D eigenvalue weighted by Gasteiger charge is 2.39. The van der Waals surface area contributed by atoms with Gasteiger partial charge in [-0.1, -0.05) is 106 Å². The fourth-order valence-electron chi connectivity index (χ4n) is 3.91. The van der Waals surface area contributed by atoms with Crippen LogP contribution in [0.3, 0.4) is 0 Å². The zero-order chi connectivity index (χ0) is 21.5. The van der Waals surface area contributed by atoms with Gasteiger partial charge < -0.3 is 13.3 Å². The average Bonchev–Trinajstić information content (AvgIpc) is 2.71. The van der Waals surface area contributed by atoms with E-state index < -0.39 is 8.80 Å². The zero-order valence-electron chi connectivity index (χ0n) is 20.0.